The van der Waals surface area contributed by atoms with Crippen LogP contribution in [-0.2, 0) is 12.8 Å². The summed E-state index contributed by atoms with van der Waals surface area (Å²) in [6.45, 7) is 3.14. The first-order chi connectivity index (χ1) is 12.1. The van der Waals surface area contributed by atoms with E-state index >= 15 is 0 Å². The molecule has 0 radical (unpaired) electrons. The third-order valence-electron chi connectivity index (χ3n) is 3.55. The van der Waals surface area contributed by atoms with Gasteiger partial charge in [0.15, 0.2) is 11.8 Å². The van der Waals surface area contributed by atoms with Crippen LogP contribution in [0.25, 0.3) is 0 Å². The highest BCUT2D eigenvalue weighted by molar-refractivity contribution is 5.94. The number of aryl methyl sites for hydroxylation is 1. The van der Waals surface area contributed by atoms with Crippen molar-refractivity contribution in [3.8, 4) is 0 Å². The van der Waals surface area contributed by atoms with Crippen LogP contribution in [0.5, 0.6) is 0 Å². The molecule has 134 valence electrons. The lowest BCUT2D eigenvalue weighted by molar-refractivity contribution is 0.0963. The monoisotopic (exact) mass is 344 g/mol. The Labute approximate surface area is 147 Å². The Morgan fingerprint density at radius 2 is 2.00 bits per heavy atom. The van der Waals surface area contributed by atoms with E-state index in [-0.39, 0.29) is 5.91 Å². The molecule has 0 saturated carbocycles. The van der Waals surface area contributed by atoms with Crippen molar-refractivity contribution in [2.75, 3.05) is 27.2 Å². The van der Waals surface area contributed by atoms with Gasteiger partial charge in [-0.1, -0.05) is 17.3 Å². The maximum absolute atomic E-state index is 11.7. The molecule has 0 atom stereocenters. The van der Waals surface area contributed by atoms with Gasteiger partial charge >= 0.3 is 0 Å². The summed E-state index contributed by atoms with van der Waals surface area (Å²) in [4.78, 5) is 20.0. The van der Waals surface area contributed by atoms with Gasteiger partial charge in [0, 0.05) is 39.2 Å². The minimum Gasteiger partial charge on any atom is -0.356 e. The number of carbonyl (C=O) groups is 1. The summed E-state index contributed by atoms with van der Waals surface area (Å²) >= 11 is 0. The lowest BCUT2D eigenvalue weighted by Gasteiger charge is -2.11. The van der Waals surface area contributed by atoms with E-state index < -0.39 is 0 Å². The van der Waals surface area contributed by atoms with E-state index in [1.807, 2.05) is 18.2 Å². The number of guanidine groups is 1. The summed E-state index contributed by atoms with van der Waals surface area (Å²) in [5, 5.41) is 12.8. The summed E-state index contributed by atoms with van der Waals surface area (Å²) in [7, 11) is 3.35. The average Bonchev–Trinajstić information content (AvgIpc) is 3.05. The predicted octanol–water partition coefficient (Wildman–Crippen LogP) is 0.688. The molecule has 0 spiro atoms. The van der Waals surface area contributed by atoms with Crippen LogP contribution in [0.4, 0.5) is 0 Å². The Hall–Kier alpha value is -2.90. The van der Waals surface area contributed by atoms with Gasteiger partial charge in [-0.05, 0) is 31.0 Å². The second-order valence-electron chi connectivity index (χ2n) is 5.44. The molecule has 1 amide bonds. The number of aromatic nitrogens is 2. The standard InChI is InChI=1S/C17H24N6O2/c1-12-22-15(25-23-12)8-10-21-17(19-3)20-9-7-13-5-4-6-14(11-13)16(24)18-2/h4-6,11H,7-10H2,1-3H3,(H,18,24)(H2,19,20,21). The zero-order valence-electron chi connectivity index (χ0n) is 14.8. The van der Waals surface area contributed by atoms with Crippen molar-refractivity contribution in [1.29, 1.82) is 0 Å². The van der Waals surface area contributed by atoms with E-state index in [4.69, 9.17) is 4.52 Å². The zero-order valence-corrected chi connectivity index (χ0v) is 14.8. The lowest BCUT2D eigenvalue weighted by atomic mass is 10.1. The van der Waals surface area contributed by atoms with Crippen LogP contribution in [0.15, 0.2) is 33.8 Å². The first-order valence-electron chi connectivity index (χ1n) is 8.17. The summed E-state index contributed by atoms with van der Waals surface area (Å²) in [6, 6.07) is 7.59. The molecule has 25 heavy (non-hydrogen) atoms. The highest BCUT2D eigenvalue weighted by atomic mass is 16.5. The van der Waals surface area contributed by atoms with E-state index in [0.717, 1.165) is 12.0 Å². The van der Waals surface area contributed by atoms with E-state index in [9.17, 15) is 4.79 Å². The van der Waals surface area contributed by atoms with Gasteiger partial charge in [0.05, 0.1) is 0 Å². The Morgan fingerprint density at radius 1 is 1.24 bits per heavy atom. The number of benzene rings is 1. The summed E-state index contributed by atoms with van der Waals surface area (Å²) in [5.41, 5.74) is 1.75. The van der Waals surface area contributed by atoms with E-state index in [1.165, 1.54) is 0 Å². The van der Waals surface area contributed by atoms with Crippen molar-refractivity contribution in [3.05, 3.63) is 47.1 Å². The molecule has 0 saturated heterocycles. The third kappa shape index (κ3) is 5.91. The third-order valence-corrected chi connectivity index (χ3v) is 3.55. The first-order valence-corrected chi connectivity index (χ1v) is 8.17. The number of nitrogens with zero attached hydrogens (tertiary/aromatic N) is 3. The Kier molecular flexibility index (Phi) is 6.94. The fourth-order valence-electron chi connectivity index (χ4n) is 2.29. The molecule has 1 heterocycles. The van der Waals surface area contributed by atoms with Crippen LogP contribution in [-0.4, -0.2) is 49.2 Å². The molecule has 8 nitrogen and oxygen atoms in total. The lowest BCUT2D eigenvalue weighted by Crippen LogP contribution is -2.39. The Balaban J connectivity index is 1.74. The molecule has 0 aliphatic heterocycles. The van der Waals surface area contributed by atoms with Crippen LogP contribution in [0.3, 0.4) is 0 Å². The quantitative estimate of drug-likeness (QED) is 0.504. The van der Waals surface area contributed by atoms with Gasteiger partial charge in [-0.3, -0.25) is 9.79 Å². The van der Waals surface area contributed by atoms with Crippen molar-refractivity contribution in [3.63, 3.8) is 0 Å². The Bertz CT molecular complexity index is 725. The molecule has 0 bridgehead atoms. The summed E-state index contributed by atoms with van der Waals surface area (Å²) in [6.07, 6.45) is 1.42. The largest absolute Gasteiger partial charge is 0.356 e. The number of hydrogen-bond donors (Lipinski definition) is 3. The molecule has 0 aliphatic rings. The van der Waals surface area contributed by atoms with Gasteiger partial charge in [0.2, 0.25) is 5.89 Å². The fourth-order valence-corrected chi connectivity index (χ4v) is 2.29. The smallest absolute Gasteiger partial charge is 0.251 e. The number of amides is 1. The second-order valence-corrected chi connectivity index (χ2v) is 5.44. The number of carbonyl (C=O) groups excluding carboxylic acids is 1. The van der Waals surface area contributed by atoms with Crippen molar-refractivity contribution < 1.29 is 9.32 Å². The molecular formula is C17H24N6O2. The zero-order chi connectivity index (χ0) is 18.1. The second kappa shape index (κ2) is 9.41. The van der Waals surface area contributed by atoms with Gasteiger partial charge < -0.3 is 20.5 Å². The normalized spacial score (nSPS) is 11.2. The van der Waals surface area contributed by atoms with Gasteiger partial charge in [0.25, 0.3) is 5.91 Å². The van der Waals surface area contributed by atoms with Crippen LogP contribution in [0.1, 0.15) is 27.6 Å². The minimum absolute atomic E-state index is 0.0800. The van der Waals surface area contributed by atoms with Crippen molar-refractivity contribution in [2.24, 2.45) is 4.99 Å². The number of aliphatic imine (C=N–C) groups is 1. The number of hydrogen-bond acceptors (Lipinski definition) is 5. The predicted molar refractivity (Wildman–Crippen MR) is 95.6 cm³/mol. The molecule has 0 aliphatic carbocycles. The molecule has 8 heteroatoms. The van der Waals surface area contributed by atoms with Crippen LogP contribution in [0.2, 0.25) is 0 Å². The SMILES string of the molecule is CN=C(NCCc1cccc(C(=O)NC)c1)NCCc1nc(C)no1. The van der Waals surface area contributed by atoms with Gasteiger partial charge in [-0.25, -0.2) is 0 Å². The van der Waals surface area contributed by atoms with Crippen molar-refractivity contribution in [2.45, 2.75) is 19.8 Å². The highest BCUT2D eigenvalue weighted by Crippen LogP contribution is 2.05. The van der Waals surface area contributed by atoms with Crippen LogP contribution in [0, 0.1) is 6.92 Å². The molecule has 0 unspecified atom stereocenters. The molecule has 1 aromatic heterocycles. The highest BCUT2D eigenvalue weighted by Gasteiger charge is 2.05. The van der Waals surface area contributed by atoms with Crippen molar-refractivity contribution >= 4 is 11.9 Å². The number of nitrogens with one attached hydrogen (secondary N) is 3. The fraction of sp³-hybridized carbons (Fsp3) is 0.412. The molecule has 3 N–H and O–H groups in total. The summed E-state index contributed by atoms with van der Waals surface area (Å²) < 4.78 is 5.06. The van der Waals surface area contributed by atoms with Gasteiger partial charge in [-0.2, -0.15) is 4.98 Å². The average molecular weight is 344 g/mol. The van der Waals surface area contributed by atoms with E-state index in [2.05, 4.69) is 31.1 Å². The maximum atomic E-state index is 11.7. The molecule has 0 fully saturated rings. The number of rotatable bonds is 7. The molecular weight excluding hydrogens is 320 g/mol. The Morgan fingerprint density at radius 3 is 2.64 bits per heavy atom. The molecule has 2 aromatic rings. The van der Waals surface area contributed by atoms with E-state index in [1.54, 1.807) is 27.1 Å². The van der Waals surface area contributed by atoms with Crippen LogP contribution >= 0.6 is 0 Å². The topological polar surface area (TPSA) is 104 Å². The first kappa shape index (κ1) is 18.4. The maximum Gasteiger partial charge on any atom is 0.251 e. The summed E-state index contributed by atoms with van der Waals surface area (Å²) in [5.74, 6) is 1.87. The molecule has 2 rings (SSSR count). The van der Waals surface area contributed by atoms with Gasteiger partial charge in [0.1, 0.15) is 0 Å². The van der Waals surface area contributed by atoms with Gasteiger partial charge in [-0.15, -0.1) is 0 Å². The molecule has 1 aromatic carbocycles. The van der Waals surface area contributed by atoms with Crippen LogP contribution < -0.4 is 16.0 Å². The minimum atomic E-state index is -0.0800. The van der Waals surface area contributed by atoms with E-state index in [0.29, 0.717) is 42.7 Å². The van der Waals surface area contributed by atoms with Crippen molar-refractivity contribution in [1.82, 2.24) is 26.1 Å².